The van der Waals surface area contributed by atoms with Crippen LogP contribution in [0, 0.1) is 0 Å². The van der Waals surface area contributed by atoms with Gasteiger partial charge in [0.2, 0.25) is 5.91 Å². The Kier molecular flexibility index (Phi) is 12.7. The standard InChI is InChI=1S/C22H31N3O11/c1-2-17(26)23-16(24-18(27)3-4-19(24)28)15-35-14-13-34-12-11-33-10-9-32-8-7-22(31)36-25-20(29)5-6-21(25)30/h3-4,16H,2,5-15H2,1H3,(H,23,26). The Morgan fingerprint density at radius 1 is 0.833 bits per heavy atom. The molecule has 5 amide bonds. The van der Waals surface area contributed by atoms with Crippen molar-refractivity contribution in [2.24, 2.45) is 0 Å². The molecule has 2 rings (SSSR count). The van der Waals surface area contributed by atoms with Crippen molar-refractivity contribution in [3.05, 3.63) is 12.2 Å². The number of amides is 5. The first kappa shape index (κ1) is 29.0. The quantitative estimate of drug-likeness (QED) is 0.173. The minimum absolute atomic E-state index is 0.0385. The van der Waals surface area contributed by atoms with Gasteiger partial charge in [-0.15, -0.1) is 5.06 Å². The van der Waals surface area contributed by atoms with E-state index < -0.39 is 35.8 Å². The fraction of sp³-hybridized carbons (Fsp3) is 0.636. The molecule has 0 aliphatic carbocycles. The van der Waals surface area contributed by atoms with Crippen LogP contribution in [-0.2, 0) is 52.6 Å². The normalized spacial score (nSPS) is 16.2. The molecule has 0 spiro atoms. The predicted molar refractivity (Wildman–Crippen MR) is 118 cm³/mol. The van der Waals surface area contributed by atoms with Crippen LogP contribution in [0.2, 0.25) is 0 Å². The Morgan fingerprint density at radius 3 is 1.86 bits per heavy atom. The average Bonchev–Trinajstić information content (AvgIpc) is 3.35. The van der Waals surface area contributed by atoms with Crippen LogP contribution in [0.15, 0.2) is 12.2 Å². The van der Waals surface area contributed by atoms with Gasteiger partial charge in [-0.2, -0.15) is 0 Å². The minimum Gasteiger partial charge on any atom is -0.378 e. The number of imide groups is 2. The lowest BCUT2D eigenvalue weighted by Gasteiger charge is -2.26. The van der Waals surface area contributed by atoms with Crippen molar-refractivity contribution in [3.8, 4) is 0 Å². The van der Waals surface area contributed by atoms with E-state index in [0.29, 0.717) is 11.7 Å². The number of hydrogen-bond acceptors (Lipinski definition) is 11. The molecular weight excluding hydrogens is 482 g/mol. The average molecular weight is 514 g/mol. The number of carbonyl (C=O) groups is 6. The van der Waals surface area contributed by atoms with Crippen molar-refractivity contribution in [2.45, 2.75) is 38.8 Å². The molecule has 0 aromatic rings. The molecule has 0 bridgehead atoms. The lowest BCUT2D eigenvalue weighted by molar-refractivity contribution is -0.198. The number of carbonyl (C=O) groups excluding carboxylic acids is 6. The van der Waals surface area contributed by atoms with Crippen LogP contribution in [0.5, 0.6) is 0 Å². The van der Waals surface area contributed by atoms with Crippen molar-refractivity contribution in [2.75, 3.05) is 52.9 Å². The molecular formula is C22H31N3O11. The zero-order chi connectivity index (χ0) is 26.3. The van der Waals surface area contributed by atoms with Crippen LogP contribution in [0.3, 0.4) is 0 Å². The molecule has 1 saturated heterocycles. The summed E-state index contributed by atoms with van der Waals surface area (Å²) in [5.74, 6) is -3.15. The first-order chi connectivity index (χ1) is 17.3. The zero-order valence-corrected chi connectivity index (χ0v) is 20.1. The number of hydroxylamine groups is 2. The molecule has 1 N–H and O–H groups in total. The van der Waals surface area contributed by atoms with E-state index in [1.54, 1.807) is 6.92 Å². The molecule has 0 saturated carbocycles. The predicted octanol–water partition coefficient (Wildman–Crippen LogP) is -1.17. The lowest BCUT2D eigenvalue weighted by Crippen LogP contribution is -2.53. The number of ether oxygens (including phenoxy) is 4. The highest BCUT2D eigenvalue weighted by molar-refractivity contribution is 6.13. The molecule has 0 radical (unpaired) electrons. The monoisotopic (exact) mass is 513 g/mol. The van der Waals surface area contributed by atoms with E-state index in [1.807, 2.05) is 0 Å². The Hall–Kier alpha value is -3.20. The summed E-state index contributed by atoms with van der Waals surface area (Å²) in [4.78, 5) is 75.4. The number of nitrogens with one attached hydrogen (secondary N) is 1. The Morgan fingerprint density at radius 2 is 1.33 bits per heavy atom. The molecule has 1 atom stereocenters. The van der Waals surface area contributed by atoms with Crippen LogP contribution in [-0.4, -0.2) is 104 Å². The molecule has 14 nitrogen and oxygen atoms in total. The summed E-state index contributed by atoms with van der Waals surface area (Å²) in [5, 5.41) is 3.08. The van der Waals surface area contributed by atoms with Crippen molar-refractivity contribution in [1.82, 2.24) is 15.3 Å². The maximum Gasteiger partial charge on any atom is 0.335 e. The molecule has 200 valence electrons. The second kappa shape index (κ2) is 15.7. The van der Waals surface area contributed by atoms with E-state index in [9.17, 15) is 28.8 Å². The van der Waals surface area contributed by atoms with Gasteiger partial charge in [0.15, 0.2) is 0 Å². The molecule has 14 heteroatoms. The van der Waals surface area contributed by atoms with Crippen LogP contribution in [0.1, 0.15) is 32.6 Å². The molecule has 1 unspecified atom stereocenters. The first-order valence-corrected chi connectivity index (χ1v) is 11.6. The second-order valence-corrected chi connectivity index (χ2v) is 7.52. The third-order valence-corrected chi connectivity index (χ3v) is 4.84. The summed E-state index contributed by atoms with van der Waals surface area (Å²) in [6.45, 7) is 3.13. The number of rotatable bonds is 18. The van der Waals surface area contributed by atoms with E-state index >= 15 is 0 Å². The van der Waals surface area contributed by atoms with Gasteiger partial charge in [-0.05, 0) is 0 Å². The van der Waals surface area contributed by atoms with Crippen LogP contribution in [0.4, 0.5) is 0 Å². The van der Waals surface area contributed by atoms with E-state index in [4.69, 9.17) is 23.8 Å². The Balaban J connectivity index is 1.44. The van der Waals surface area contributed by atoms with Gasteiger partial charge < -0.3 is 29.1 Å². The van der Waals surface area contributed by atoms with Crippen LogP contribution in [0.25, 0.3) is 0 Å². The fourth-order valence-corrected chi connectivity index (χ4v) is 3.00. The maximum absolute atomic E-state index is 11.8. The second-order valence-electron chi connectivity index (χ2n) is 7.52. The van der Waals surface area contributed by atoms with E-state index in [2.05, 4.69) is 5.32 Å². The SMILES string of the molecule is CCC(=O)NC(COCCOCCOCCOCCC(=O)ON1C(=O)CCC1=O)N1C(=O)C=CC1=O. The summed E-state index contributed by atoms with van der Waals surface area (Å²) >= 11 is 0. The number of hydrogen-bond donors (Lipinski definition) is 1. The van der Waals surface area contributed by atoms with Gasteiger partial charge >= 0.3 is 5.97 Å². The molecule has 0 aromatic heterocycles. The van der Waals surface area contributed by atoms with Gasteiger partial charge in [0.25, 0.3) is 23.6 Å². The van der Waals surface area contributed by atoms with Crippen molar-refractivity contribution >= 4 is 35.5 Å². The topological polar surface area (TPSA) is 167 Å². The van der Waals surface area contributed by atoms with Gasteiger partial charge in [-0.25, -0.2) is 4.79 Å². The fourth-order valence-electron chi connectivity index (χ4n) is 3.00. The zero-order valence-electron chi connectivity index (χ0n) is 20.1. The first-order valence-electron chi connectivity index (χ1n) is 11.6. The highest BCUT2D eigenvalue weighted by atomic mass is 16.7. The highest BCUT2D eigenvalue weighted by Crippen LogP contribution is 2.12. The molecule has 1 fully saturated rings. The Bertz CT molecular complexity index is 811. The molecule has 36 heavy (non-hydrogen) atoms. The largest absolute Gasteiger partial charge is 0.378 e. The maximum atomic E-state index is 11.8. The van der Waals surface area contributed by atoms with Gasteiger partial charge in [-0.3, -0.25) is 28.9 Å². The summed E-state index contributed by atoms with van der Waals surface area (Å²) in [6, 6.07) is 0. The molecule has 2 aliphatic heterocycles. The van der Waals surface area contributed by atoms with E-state index in [0.717, 1.165) is 17.1 Å². The summed E-state index contributed by atoms with van der Waals surface area (Å²) in [6.07, 6.45) is 1.54. The van der Waals surface area contributed by atoms with Crippen LogP contribution < -0.4 is 5.32 Å². The van der Waals surface area contributed by atoms with Crippen molar-refractivity contribution in [1.29, 1.82) is 0 Å². The Labute approximate surface area is 207 Å². The molecule has 2 heterocycles. The summed E-state index contributed by atoms with van der Waals surface area (Å²) < 4.78 is 21.4. The van der Waals surface area contributed by atoms with Gasteiger partial charge in [0.1, 0.15) is 6.17 Å². The van der Waals surface area contributed by atoms with Gasteiger partial charge in [0.05, 0.1) is 59.3 Å². The van der Waals surface area contributed by atoms with Crippen LogP contribution >= 0.6 is 0 Å². The van der Waals surface area contributed by atoms with Crippen molar-refractivity contribution < 1.29 is 52.6 Å². The lowest BCUT2D eigenvalue weighted by atomic mass is 10.3. The molecule has 0 aromatic carbocycles. The van der Waals surface area contributed by atoms with E-state index in [-0.39, 0.29) is 77.8 Å². The highest BCUT2D eigenvalue weighted by Gasteiger charge is 2.33. The third kappa shape index (κ3) is 9.81. The van der Waals surface area contributed by atoms with Crippen molar-refractivity contribution in [3.63, 3.8) is 0 Å². The van der Waals surface area contributed by atoms with E-state index in [1.165, 1.54) is 0 Å². The summed E-state index contributed by atoms with van der Waals surface area (Å²) in [7, 11) is 0. The number of nitrogens with zero attached hydrogens (tertiary/aromatic N) is 2. The van der Waals surface area contributed by atoms with Gasteiger partial charge in [0, 0.05) is 31.4 Å². The summed E-state index contributed by atoms with van der Waals surface area (Å²) in [5.41, 5.74) is 0. The third-order valence-electron chi connectivity index (χ3n) is 4.84. The smallest absolute Gasteiger partial charge is 0.335 e. The molecule has 2 aliphatic rings. The van der Waals surface area contributed by atoms with Gasteiger partial charge in [-0.1, -0.05) is 6.92 Å². The minimum atomic E-state index is -0.900.